The van der Waals surface area contributed by atoms with Crippen LogP contribution in [0.1, 0.15) is 16.4 Å². The van der Waals surface area contributed by atoms with E-state index in [1.54, 1.807) is 23.5 Å². The van der Waals surface area contributed by atoms with Crippen LogP contribution in [0.15, 0.2) is 47.2 Å². The van der Waals surface area contributed by atoms with Crippen LogP contribution < -0.4 is 10.5 Å². The first-order valence-corrected chi connectivity index (χ1v) is 8.88. The quantitative estimate of drug-likeness (QED) is 0.667. The Morgan fingerprint density at radius 1 is 1.28 bits per heavy atom. The molecule has 0 amide bonds. The minimum Gasteiger partial charge on any atom is -0.420 e. The lowest BCUT2D eigenvalue weighted by Crippen LogP contribution is -2.20. The summed E-state index contributed by atoms with van der Waals surface area (Å²) in [5.41, 5.74) is 8.57. The third kappa shape index (κ3) is 2.57. The van der Waals surface area contributed by atoms with Crippen molar-refractivity contribution in [1.29, 1.82) is 5.26 Å². The van der Waals surface area contributed by atoms with Gasteiger partial charge >= 0.3 is 0 Å². The first kappa shape index (κ1) is 16.0. The van der Waals surface area contributed by atoms with Gasteiger partial charge in [0, 0.05) is 10.4 Å². The number of H-pyrrole nitrogens is 1. The van der Waals surface area contributed by atoms with Crippen LogP contribution in [-0.2, 0) is 0 Å². The van der Waals surface area contributed by atoms with Crippen LogP contribution in [0.2, 0.25) is 10.0 Å². The number of nitrogens with two attached hydrogens (primary N) is 1. The second-order valence-electron chi connectivity index (χ2n) is 5.39. The molecule has 1 atom stereocenters. The van der Waals surface area contributed by atoms with Gasteiger partial charge < -0.3 is 10.5 Å². The summed E-state index contributed by atoms with van der Waals surface area (Å²) in [4.78, 5) is 0.978. The van der Waals surface area contributed by atoms with Gasteiger partial charge in [-0.2, -0.15) is 5.26 Å². The van der Waals surface area contributed by atoms with Gasteiger partial charge in [0.25, 0.3) is 0 Å². The molecule has 3 N–H and O–H groups in total. The maximum absolute atomic E-state index is 9.60. The smallest absolute Gasteiger partial charge is 0.244 e. The van der Waals surface area contributed by atoms with Crippen molar-refractivity contribution in [3.8, 4) is 23.2 Å². The molecule has 124 valence electrons. The molecule has 0 spiro atoms. The highest BCUT2D eigenvalue weighted by Gasteiger charge is 2.36. The number of ether oxygens (including phenoxy) is 1. The highest BCUT2D eigenvalue weighted by Crippen LogP contribution is 2.47. The molecule has 0 aliphatic carbocycles. The molecular weight excluding hydrogens is 379 g/mol. The number of aromatic nitrogens is 2. The molecule has 1 aromatic carbocycles. The van der Waals surface area contributed by atoms with Crippen molar-refractivity contribution in [2.45, 2.75) is 5.92 Å². The number of halogens is 2. The van der Waals surface area contributed by atoms with E-state index >= 15 is 0 Å². The van der Waals surface area contributed by atoms with Crippen LogP contribution in [0, 0.1) is 11.3 Å². The van der Waals surface area contributed by atoms with E-state index in [1.165, 1.54) is 0 Å². The first-order chi connectivity index (χ1) is 12.1. The van der Waals surface area contributed by atoms with Crippen LogP contribution in [0.3, 0.4) is 0 Å². The Bertz CT molecular complexity index is 1030. The van der Waals surface area contributed by atoms with Crippen LogP contribution >= 0.6 is 34.5 Å². The third-order valence-corrected chi connectivity index (χ3v) is 5.65. The Balaban J connectivity index is 1.95. The zero-order valence-corrected chi connectivity index (χ0v) is 14.9. The second-order valence-corrected chi connectivity index (χ2v) is 7.18. The molecular formula is C17H10Cl2N4OS. The zero-order valence-electron chi connectivity index (χ0n) is 12.6. The average Bonchev–Trinajstić information content (AvgIpc) is 3.25. The SMILES string of the molecule is N#CC1=C(N)Oc2n[nH]c(-c3ccc(Cl)c(Cl)c3)c2C1c1cccs1. The van der Waals surface area contributed by atoms with Crippen LogP contribution in [-0.4, -0.2) is 10.2 Å². The normalized spacial score (nSPS) is 16.3. The minimum atomic E-state index is -0.350. The van der Waals surface area contributed by atoms with Gasteiger partial charge in [-0.3, -0.25) is 5.10 Å². The van der Waals surface area contributed by atoms with Gasteiger partial charge in [0.15, 0.2) is 0 Å². The number of nitriles is 1. The van der Waals surface area contributed by atoms with Gasteiger partial charge in [-0.25, -0.2) is 0 Å². The third-order valence-electron chi connectivity index (χ3n) is 3.97. The van der Waals surface area contributed by atoms with E-state index in [2.05, 4.69) is 16.3 Å². The van der Waals surface area contributed by atoms with E-state index < -0.39 is 0 Å². The first-order valence-electron chi connectivity index (χ1n) is 7.24. The standard InChI is InChI=1S/C17H10Cl2N4OS/c18-10-4-3-8(6-11(10)19)15-14-13(12-2-1-5-25-12)9(7-20)16(21)24-17(14)23-22-15/h1-6,13H,21H2,(H,22,23). The minimum absolute atomic E-state index is 0.0700. The number of hydrogen-bond donors (Lipinski definition) is 2. The molecule has 25 heavy (non-hydrogen) atoms. The van der Waals surface area contributed by atoms with Gasteiger partial charge in [-0.05, 0) is 23.6 Å². The number of rotatable bonds is 2. The van der Waals surface area contributed by atoms with E-state index in [4.69, 9.17) is 33.7 Å². The Kier molecular flexibility index (Phi) is 3.92. The molecule has 0 saturated heterocycles. The molecule has 0 radical (unpaired) electrons. The molecule has 0 bridgehead atoms. The number of thiophene rings is 1. The topological polar surface area (TPSA) is 87.7 Å². The Morgan fingerprint density at radius 3 is 2.80 bits per heavy atom. The van der Waals surface area contributed by atoms with Gasteiger partial charge in [-0.1, -0.05) is 35.3 Å². The van der Waals surface area contributed by atoms with Crippen molar-refractivity contribution in [3.05, 3.63) is 67.7 Å². The molecule has 0 saturated carbocycles. The molecule has 3 heterocycles. The second kappa shape index (κ2) is 6.12. The Labute approximate surface area is 157 Å². The van der Waals surface area contributed by atoms with Crippen molar-refractivity contribution >= 4 is 34.5 Å². The number of nitrogens with one attached hydrogen (secondary N) is 1. The molecule has 1 unspecified atom stereocenters. The van der Waals surface area contributed by atoms with Crippen LogP contribution in [0.5, 0.6) is 5.88 Å². The maximum atomic E-state index is 9.60. The summed E-state index contributed by atoms with van der Waals surface area (Å²) in [6.45, 7) is 0. The largest absolute Gasteiger partial charge is 0.420 e. The average molecular weight is 389 g/mol. The number of aromatic amines is 1. The molecule has 0 fully saturated rings. The molecule has 2 aromatic heterocycles. The highest BCUT2D eigenvalue weighted by molar-refractivity contribution is 7.10. The zero-order chi connectivity index (χ0) is 17.6. The van der Waals surface area contributed by atoms with Crippen LogP contribution in [0.4, 0.5) is 0 Å². The fraction of sp³-hybridized carbons (Fsp3) is 0.0588. The molecule has 1 aliphatic heterocycles. The lowest BCUT2D eigenvalue weighted by Gasteiger charge is -2.22. The molecule has 3 aromatic rings. The Morgan fingerprint density at radius 2 is 2.12 bits per heavy atom. The molecule has 1 aliphatic rings. The summed E-state index contributed by atoms with van der Waals surface area (Å²) < 4.78 is 5.56. The summed E-state index contributed by atoms with van der Waals surface area (Å²) >= 11 is 13.7. The number of fused-ring (bicyclic) bond motifs is 1. The van der Waals surface area contributed by atoms with Crippen molar-refractivity contribution in [2.24, 2.45) is 5.73 Å². The Hall–Kier alpha value is -2.46. The number of nitrogens with zero attached hydrogens (tertiary/aromatic N) is 2. The molecule has 8 heteroatoms. The van der Waals surface area contributed by atoms with Gasteiger partial charge in [-0.15, -0.1) is 16.4 Å². The van der Waals surface area contributed by atoms with E-state index in [0.29, 0.717) is 27.2 Å². The molecule has 5 nitrogen and oxygen atoms in total. The summed E-state index contributed by atoms with van der Waals surface area (Å²) in [5, 5.41) is 19.6. The summed E-state index contributed by atoms with van der Waals surface area (Å²) in [6.07, 6.45) is 0. The van der Waals surface area contributed by atoms with Crippen molar-refractivity contribution in [1.82, 2.24) is 10.2 Å². The highest BCUT2D eigenvalue weighted by atomic mass is 35.5. The predicted octanol–water partition coefficient (Wildman–Crippen LogP) is 4.66. The van der Waals surface area contributed by atoms with Crippen LogP contribution in [0.25, 0.3) is 11.3 Å². The number of allylic oxidation sites excluding steroid dienone is 1. The number of hydrogen-bond acceptors (Lipinski definition) is 5. The molecule has 4 rings (SSSR count). The summed E-state index contributed by atoms with van der Waals surface area (Å²) in [7, 11) is 0. The van der Waals surface area contributed by atoms with Gasteiger partial charge in [0.1, 0.15) is 11.6 Å². The monoisotopic (exact) mass is 388 g/mol. The van der Waals surface area contributed by atoms with Gasteiger partial charge in [0.2, 0.25) is 11.8 Å². The van der Waals surface area contributed by atoms with Crippen molar-refractivity contribution < 1.29 is 4.74 Å². The predicted molar refractivity (Wildman–Crippen MR) is 97.7 cm³/mol. The fourth-order valence-corrected chi connectivity index (χ4v) is 4.00. The lowest BCUT2D eigenvalue weighted by atomic mass is 9.87. The fourth-order valence-electron chi connectivity index (χ4n) is 2.86. The number of benzene rings is 1. The van der Waals surface area contributed by atoms with Gasteiger partial charge in [0.05, 0.1) is 27.2 Å². The van der Waals surface area contributed by atoms with E-state index in [9.17, 15) is 5.26 Å². The maximum Gasteiger partial charge on any atom is 0.244 e. The summed E-state index contributed by atoms with van der Waals surface area (Å²) in [6, 6.07) is 11.4. The van der Waals surface area contributed by atoms with E-state index in [1.807, 2.05) is 23.6 Å². The van der Waals surface area contributed by atoms with Crippen molar-refractivity contribution in [3.63, 3.8) is 0 Å². The summed E-state index contributed by atoms with van der Waals surface area (Å²) in [5.74, 6) is 0.0773. The van der Waals surface area contributed by atoms with E-state index in [0.717, 1.165) is 16.0 Å². The van der Waals surface area contributed by atoms with E-state index in [-0.39, 0.29) is 11.8 Å². The lowest BCUT2D eigenvalue weighted by molar-refractivity contribution is 0.379. The van der Waals surface area contributed by atoms with Crippen molar-refractivity contribution in [2.75, 3.05) is 0 Å².